The van der Waals surface area contributed by atoms with Gasteiger partial charge in [0.1, 0.15) is 0 Å². The maximum atomic E-state index is 8.82. The molecule has 1 aliphatic rings. The van der Waals surface area contributed by atoms with Crippen molar-refractivity contribution in [2.75, 3.05) is 24.5 Å². The van der Waals surface area contributed by atoms with Crippen LogP contribution in [-0.2, 0) is 0 Å². The Hall–Kier alpha value is -1.53. The van der Waals surface area contributed by atoms with Gasteiger partial charge < -0.3 is 10.2 Å². The first kappa shape index (κ1) is 11.0. The fraction of sp³-hybridized carbons (Fsp3) is 0.462. The second kappa shape index (κ2) is 5.00. The van der Waals surface area contributed by atoms with Gasteiger partial charge in [-0.1, -0.05) is 17.7 Å². The summed E-state index contributed by atoms with van der Waals surface area (Å²) >= 11 is 0. The van der Waals surface area contributed by atoms with Gasteiger partial charge in [0.25, 0.3) is 0 Å². The highest BCUT2D eigenvalue weighted by Gasteiger charge is 2.21. The summed E-state index contributed by atoms with van der Waals surface area (Å²) in [7, 11) is 0. The van der Waals surface area contributed by atoms with Crippen LogP contribution in [0.3, 0.4) is 0 Å². The second-order valence-corrected chi connectivity index (χ2v) is 4.25. The summed E-state index contributed by atoms with van der Waals surface area (Å²) in [5.41, 5.74) is 2.50. The molecule has 1 aliphatic heterocycles. The molecule has 2 rings (SSSR count). The summed E-state index contributed by atoms with van der Waals surface area (Å²) < 4.78 is 0. The Kier molecular flexibility index (Phi) is 3.43. The average molecular weight is 215 g/mol. The van der Waals surface area contributed by atoms with Crippen LogP contribution >= 0.6 is 0 Å². The van der Waals surface area contributed by atoms with Crippen molar-refractivity contribution in [1.29, 1.82) is 5.26 Å². The number of aryl methyl sites for hydroxylation is 1. The van der Waals surface area contributed by atoms with Crippen molar-refractivity contribution in [2.24, 2.45) is 0 Å². The molecule has 1 heterocycles. The fourth-order valence-electron chi connectivity index (χ4n) is 2.12. The van der Waals surface area contributed by atoms with Gasteiger partial charge in [-0.3, -0.25) is 0 Å². The molecule has 3 nitrogen and oxygen atoms in total. The Morgan fingerprint density at radius 2 is 2.19 bits per heavy atom. The molecule has 0 saturated carbocycles. The van der Waals surface area contributed by atoms with E-state index in [0.29, 0.717) is 12.5 Å². The molecule has 1 saturated heterocycles. The Morgan fingerprint density at radius 3 is 2.88 bits per heavy atom. The van der Waals surface area contributed by atoms with Gasteiger partial charge in [-0.25, -0.2) is 0 Å². The van der Waals surface area contributed by atoms with Crippen molar-refractivity contribution in [3.63, 3.8) is 0 Å². The monoisotopic (exact) mass is 215 g/mol. The van der Waals surface area contributed by atoms with Crippen LogP contribution in [0.4, 0.5) is 5.69 Å². The number of hydrogen-bond donors (Lipinski definition) is 1. The number of rotatable bonds is 2. The van der Waals surface area contributed by atoms with Gasteiger partial charge in [0, 0.05) is 25.3 Å². The fourth-order valence-corrected chi connectivity index (χ4v) is 2.12. The maximum Gasteiger partial charge on any atom is 0.0643 e. The summed E-state index contributed by atoms with van der Waals surface area (Å²) in [6.07, 6.45) is 0.584. The number of anilines is 1. The molecule has 0 bridgehead atoms. The van der Waals surface area contributed by atoms with Gasteiger partial charge >= 0.3 is 0 Å². The lowest BCUT2D eigenvalue weighted by atomic mass is 10.1. The van der Waals surface area contributed by atoms with Gasteiger partial charge in [-0.15, -0.1) is 0 Å². The van der Waals surface area contributed by atoms with E-state index in [1.807, 2.05) is 0 Å². The van der Waals surface area contributed by atoms with Crippen molar-refractivity contribution >= 4 is 5.69 Å². The highest BCUT2D eigenvalue weighted by Crippen LogP contribution is 2.20. The molecule has 0 amide bonds. The molecule has 0 radical (unpaired) electrons. The largest absolute Gasteiger partial charge is 0.365 e. The molecule has 16 heavy (non-hydrogen) atoms. The van der Waals surface area contributed by atoms with Crippen LogP contribution in [0, 0.1) is 18.3 Å². The zero-order valence-electron chi connectivity index (χ0n) is 9.61. The van der Waals surface area contributed by atoms with Crippen LogP contribution in [0.15, 0.2) is 24.3 Å². The molecule has 1 aromatic rings. The minimum absolute atomic E-state index is 0.307. The molecule has 3 heteroatoms. The smallest absolute Gasteiger partial charge is 0.0643 e. The number of hydrogen-bond acceptors (Lipinski definition) is 3. The van der Waals surface area contributed by atoms with E-state index in [0.717, 1.165) is 19.6 Å². The number of nitrogens with one attached hydrogen (secondary N) is 1. The summed E-state index contributed by atoms with van der Waals surface area (Å²) in [4.78, 5) is 2.33. The van der Waals surface area contributed by atoms with E-state index in [1.165, 1.54) is 11.3 Å². The molecule has 1 aromatic carbocycles. The maximum absolute atomic E-state index is 8.82. The van der Waals surface area contributed by atoms with Gasteiger partial charge in [-0.2, -0.15) is 5.26 Å². The van der Waals surface area contributed by atoms with Crippen LogP contribution in [0.5, 0.6) is 0 Å². The zero-order chi connectivity index (χ0) is 11.4. The van der Waals surface area contributed by atoms with Crippen LogP contribution in [0.2, 0.25) is 0 Å². The Morgan fingerprint density at radius 1 is 1.44 bits per heavy atom. The quantitative estimate of drug-likeness (QED) is 0.816. The first-order valence-corrected chi connectivity index (χ1v) is 5.72. The van der Waals surface area contributed by atoms with Gasteiger partial charge in [-0.05, 0) is 19.1 Å². The van der Waals surface area contributed by atoms with E-state index in [1.54, 1.807) is 0 Å². The predicted octanol–water partition coefficient (Wildman–Crippen LogP) is 1.69. The number of piperazine rings is 1. The molecular weight excluding hydrogens is 198 g/mol. The third-order valence-corrected chi connectivity index (χ3v) is 3.04. The highest BCUT2D eigenvalue weighted by molar-refractivity contribution is 5.49. The summed E-state index contributed by atoms with van der Waals surface area (Å²) in [5, 5.41) is 12.2. The Balaban J connectivity index is 2.16. The summed E-state index contributed by atoms with van der Waals surface area (Å²) in [6.45, 7) is 4.97. The van der Waals surface area contributed by atoms with Crippen molar-refractivity contribution in [3.05, 3.63) is 29.8 Å². The lowest BCUT2D eigenvalue weighted by molar-refractivity contribution is 0.481. The number of nitrogens with zero attached hydrogens (tertiary/aromatic N) is 2. The van der Waals surface area contributed by atoms with E-state index in [2.05, 4.69) is 47.5 Å². The molecule has 0 spiro atoms. The third kappa shape index (κ3) is 2.34. The lowest BCUT2D eigenvalue weighted by Gasteiger charge is -2.37. The van der Waals surface area contributed by atoms with E-state index >= 15 is 0 Å². The van der Waals surface area contributed by atoms with Crippen LogP contribution in [0.25, 0.3) is 0 Å². The van der Waals surface area contributed by atoms with E-state index in [9.17, 15) is 0 Å². The molecule has 1 N–H and O–H groups in total. The van der Waals surface area contributed by atoms with Crippen molar-refractivity contribution in [2.45, 2.75) is 19.4 Å². The van der Waals surface area contributed by atoms with Crippen LogP contribution in [-0.4, -0.2) is 25.7 Å². The normalized spacial score (nSPS) is 20.5. The highest BCUT2D eigenvalue weighted by atomic mass is 15.2. The van der Waals surface area contributed by atoms with Crippen LogP contribution < -0.4 is 10.2 Å². The molecule has 1 atom stereocenters. The SMILES string of the molecule is Cc1ccc(N2CCNCC2CC#N)cc1. The van der Waals surface area contributed by atoms with E-state index in [4.69, 9.17) is 5.26 Å². The second-order valence-electron chi connectivity index (χ2n) is 4.25. The zero-order valence-corrected chi connectivity index (χ0v) is 9.61. The minimum Gasteiger partial charge on any atom is -0.365 e. The van der Waals surface area contributed by atoms with Crippen molar-refractivity contribution in [3.8, 4) is 6.07 Å². The van der Waals surface area contributed by atoms with Gasteiger partial charge in [0.05, 0.1) is 18.5 Å². The molecule has 1 fully saturated rings. The number of nitriles is 1. The first-order valence-electron chi connectivity index (χ1n) is 5.72. The van der Waals surface area contributed by atoms with E-state index < -0.39 is 0 Å². The average Bonchev–Trinajstić information content (AvgIpc) is 2.32. The van der Waals surface area contributed by atoms with Crippen molar-refractivity contribution < 1.29 is 0 Å². The summed E-state index contributed by atoms with van der Waals surface area (Å²) in [6, 6.07) is 11.1. The molecule has 0 aromatic heterocycles. The molecule has 84 valence electrons. The van der Waals surface area contributed by atoms with Gasteiger partial charge in [0.2, 0.25) is 0 Å². The summed E-state index contributed by atoms with van der Waals surface area (Å²) in [5.74, 6) is 0. The predicted molar refractivity (Wildman–Crippen MR) is 65.4 cm³/mol. The lowest BCUT2D eigenvalue weighted by Crippen LogP contribution is -2.51. The minimum atomic E-state index is 0.307. The van der Waals surface area contributed by atoms with Gasteiger partial charge in [0.15, 0.2) is 0 Å². The first-order chi connectivity index (χ1) is 7.81. The third-order valence-electron chi connectivity index (χ3n) is 3.04. The standard InChI is InChI=1S/C13H17N3/c1-11-2-4-12(5-3-11)16-9-8-15-10-13(16)6-7-14/h2-5,13,15H,6,8-10H2,1H3. The molecular formula is C13H17N3. The van der Waals surface area contributed by atoms with Crippen LogP contribution in [0.1, 0.15) is 12.0 Å². The van der Waals surface area contributed by atoms with Crippen molar-refractivity contribution in [1.82, 2.24) is 5.32 Å². The number of benzene rings is 1. The Labute approximate surface area is 96.7 Å². The molecule has 1 unspecified atom stereocenters. The topological polar surface area (TPSA) is 39.1 Å². The molecule has 0 aliphatic carbocycles. The Bertz CT molecular complexity index is 377. The van der Waals surface area contributed by atoms with E-state index in [-0.39, 0.29) is 0 Å².